The number of pyridine rings is 1. The smallest absolute Gasteiger partial charge is 0.220 e. The van der Waals surface area contributed by atoms with Crippen LogP contribution in [-0.4, -0.2) is 23.5 Å². The molecule has 1 aromatic carbocycles. The number of fused-ring (bicyclic) bond motifs is 1. The van der Waals surface area contributed by atoms with E-state index in [0.29, 0.717) is 13.0 Å². The number of rotatable bonds is 6. The van der Waals surface area contributed by atoms with Crippen molar-refractivity contribution in [3.05, 3.63) is 48.3 Å². The third-order valence-corrected chi connectivity index (χ3v) is 5.60. The molecule has 136 valence electrons. The number of benzene rings is 1. The molecule has 2 aliphatic rings. The first-order chi connectivity index (χ1) is 12.8. The van der Waals surface area contributed by atoms with Gasteiger partial charge in [-0.2, -0.15) is 0 Å². The zero-order valence-corrected chi connectivity index (χ0v) is 15.1. The lowest BCUT2D eigenvalue weighted by Gasteiger charge is -2.14. The van der Waals surface area contributed by atoms with Gasteiger partial charge in [-0.25, -0.2) is 0 Å². The molecule has 1 atom stereocenters. The summed E-state index contributed by atoms with van der Waals surface area (Å²) < 4.78 is 6.19. The number of nitrogens with zero attached hydrogens (tertiary/aromatic N) is 1. The number of amides is 1. The summed E-state index contributed by atoms with van der Waals surface area (Å²) in [4.78, 5) is 16.2. The zero-order valence-electron chi connectivity index (χ0n) is 15.1. The number of hydrogen-bond acceptors (Lipinski definition) is 3. The van der Waals surface area contributed by atoms with Gasteiger partial charge in [0.2, 0.25) is 5.91 Å². The first-order valence-electron chi connectivity index (χ1n) is 9.75. The fourth-order valence-electron chi connectivity index (χ4n) is 4.16. The molecule has 0 bridgehead atoms. The topological polar surface area (TPSA) is 51.2 Å². The summed E-state index contributed by atoms with van der Waals surface area (Å²) >= 11 is 0. The van der Waals surface area contributed by atoms with Gasteiger partial charge >= 0.3 is 0 Å². The Bertz CT molecular complexity index is 754. The maximum Gasteiger partial charge on any atom is 0.220 e. The molecule has 0 spiro atoms. The van der Waals surface area contributed by atoms with Crippen molar-refractivity contribution in [2.75, 3.05) is 6.54 Å². The molecular weight excluding hydrogens is 324 g/mol. The van der Waals surface area contributed by atoms with Crippen molar-refractivity contribution < 1.29 is 9.53 Å². The van der Waals surface area contributed by atoms with Crippen LogP contribution in [0.15, 0.2) is 42.7 Å². The number of ether oxygens (including phenoxy) is 1. The van der Waals surface area contributed by atoms with E-state index < -0.39 is 0 Å². The van der Waals surface area contributed by atoms with Crippen LogP contribution in [0.2, 0.25) is 0 Å². The van der Waals surface area contributed by atoms with E-state index >= 15 is 0 Å². The van der Waals surface area contributed by atoms with Crippen molar-refractivity contribution in [2.45, 2.75) is 51.0 Å². The number of hydrogen-bond donors (Lipinski definition) is 1. The maximum atomic E-state index is 12.1. The number of carbonyl (C=O) groups excluding carboxylic acids is 1. The molecule has 1 saturated carbocycles. The Hall–Kier alpha value is -2.36. The van der Waals surface area contributed by atoms with E-state index in [1.165, 1.54) is 31.2 Å². The standard InChI is InChI=1S/C22H26N2O2/c25-21(9-8-16-4-1-2-5-16)24-15-19-14-18-6-3-7-20(22(18)26-19)17-10-12-23-13-11-17/h3,6-7,10-13,16,19H,1-2,4-5,8-9,14-15H2,(H,24,25). The second-order valence-corrected chi connectivity index (χ2v) is 7.47. The minimum absolute atomic E-state index is 0.0171. The molecule has 1 aromatic heterocycles. The van der Waals surface area contributed by atoms with Gasteiger partial charge < -0.3 is 10.1 Å². The van der Waals surface area contributed by atoms with Crippen LogP contribution in [0.4, 0.5) is 0 Å². The third-order valence-electron chi connectivity index (χ3n) is 5.60. The minimum Gasteiger partial charge on any atom is -0.487 e. The highest BCUT2D eigenvalue weighted by molar-refractivity contribution is 5.76. The Morgan fingerprint density at radius 1 is 1.15 bits per heavy atom. The monoisotopic (exact) mass is 350 g/mol. The van der Waals surface area contributed by atoms with Crippen molar-refractivity contribution >= 4 is 5.91 Å². The molecule has 1 aliphatic heterocycles. The van der Waals surface area contributed by atoms with Gasteiger partial charge in [0.15, 0.2) is 0 Å². The van der Waals surface area contributed by atoms with Crippen LogP contribution in [0.1, 0.15) is 44.1 Å². The molecule has 2 heterocycles. The highest BCUT2D eigenvalue weighted by Gasteiger charge is 2.26. The first kappa shape index (κ1) is 17.1. The Morgan fingerprint density at radius 2 is 1.96 bits per heavy atom. The van der Waals surface area contributed by atoms with E-state index in [-0.39, 0.29) is 12.0 Å². The fraction of sp³-hybridized carbons (Fsp3) is 0.455. The van der Waals surface area contributed by atoms with E-state index in [9.17, 15) is 4.79 Å². The average Bonchev–Trinajstić information content (AvgIpc) is 3.34. The van der Waals surface area contributed by atoms with Gasteiger partial charge in [-0.3, -0.25) is 9.78 Å². The van der Waals surface area contributed by atoms with Crippen LogP contribution in [0.25, 0.3) is 11.1 Å². The SMILES string of the molecule is O=C(CCC1CCCC1)NCC1Cc2cccc(-c3ccncc3)c2O1. The predicted molar refractivity (Wildman–Crippen MR) is 102 cm³/mol. The Balaban J connectivity index is 1.32. The maximum absolute atomic E-state index is 12.1. The molecule has 4 rings (SSSR count). The Labute approximate surface area is 155 Å². The summed E-state index contributed by atoms with van der Waals surface area (Å²) in [5.41, 5.74) is 3.42. The second kappa shape index (κ2) is 7.90. The molecule has 4 nitrogen and oxygen atoms in total. The van der Waals surface area contributed by atoms with Crippen LogP contribution in [-0.2, 0) is 11.2 Å². The zero-order chi connectivity index (χ0) is 17.8. The van der Waals surface area contributed by atoms with Crippen LogP contribution >= 0.6 is 0 Å². The summed E-state index contributed by atoms with van der Waals surface area (Å²) in [7, 11) is 0. The Morgan fingerprint density at radius 3 is 2.77 bits per heavy atom. The first-order valence-corrected chi connectivity index (χ1v) is 9.75. The van der Waals surface area contributed by atoms with Gasteiger partial charge in [0, 0.05) is 30.8 Å². The van der Waals surface area contributed by atoms with Gasteiger partial charge in [-0.05, 0) is 35.6 Å². The van der Waals surface area contributed by atoms with Crippen molar-refractivity contribution in [3.63, 3.8) is 0 Å². The minimum atomic E-state index is 0.0171. The lowest BCUT2D eigenvalue weighted by atomic mass is 10.0. The van der Waals surface area contributed by atoms with Gasteiger partial charge in [0.25, 0.3) is 0 Å². The fourth-order valence-corrected chi connectivity index (χ4v) is 4.16. The number of nitrogens with one attached hydrogen (secondary N) is 1. The van der Waals surface area contributed by atoms with E-state index in [2.05, 4.69) is 28.5 Å². The molecule has 4 heteroatoms. The van der Waals surface area contributed by atoms with Crippen LogP contribution in [0, 0.1) is 5.92 Å². The highest BCUT2D eigenvalue weighted by Crippen LogP contribution is 2.38. The van der Waals surface area contributed by atoms with Gasteiger partial charge in [0.05, 0.1) is 6.54 Å². The van der Waals surface area contributed by atoms with E-state index in [0.717, 1.165) is 35.6 Å². The summed E-state index contributed by atoms with van der Waals surface area (Å²) in [5, 5.41) is 3.07. The number of carbonyl (C=O) groups is 1. The van der Waals surface area contributed by atoms with Crippen LogP contribution in [0.5, 0.6) is 5.75 Å². The predicted octanol–water partition coefficient (Wildman–Crippen LogP) is 4.14. The van der Waals surface area contributed by atoms with Crippen molar-refractivity contribution in [1.29, 1.82) is 0 Å². The van der Waals surface area contributed by atoms with Crippen molar-refractivity contribution in [3.8, 4) is 16.9 Å². The van der Waals surface area contributed by atoms with Crippen molar-refractivity contribution in [2.24, 2.45) is 5.92 Å². The normalized spacial score (nSPS) is 19.2. The number of para-hydroxylation sites is 1. The largest absolute Gasteiger partial charge is 0.487 e. The summed E-state index contributed by atoms with van der Waals surface area (Å²) in [6.07, 6.45) is 11.4. The molecule has 1 unspecified atom stereocenters. The van der Waals surface area contributed by atoms with E-state index in [4.69, 9.17) is 4.74 Å². The molecule has 1 aliphatic carbocycles. The highest BCUT2D eigenvalue weighted by atomic mass is 16.5. The molecule has 2 aromatic rings. The molecule has 1 N–H and O–H groups in total. The summed E-state index contributed by atoms with van der Waals surface area (Å²) in [6.45, 7) is 0.577. The molecule has 0 saturated heterocycles. The number of aromatic nitrogens is 1. The van der Waals surface area contributed by atoms with Crippen LogP contribution in [0.3, 0.4) is 0 Å². The molecule has 1 fully saturated rings. The third kappa shape index (κ3) is 3.90. The molecule has 26 heavy (non-hydrogen) atoms. The average molecular weight is 350 g/mol. The lowest BCUT2D eigenvalue weighted by Crippen LogP contribution is -2.34. The van der Waals surface area contributed by atoms with Gasteiger partial charge in [-0.1, -0.05) is 43.9 Å². The van der Waals surface area contributed by atoms with Crippen LogP contribution < -0.4 is 10.1 Å². The quantitative estimate of drug-likeness (QED) is 0.852. The second-order valence-electron chi connectivity index (χ2n) is 7.47. The van der Waals surface area contributed by atoms with E-state index in [1.807, 2.05) is 12.1 Å². The van der Waals surface area contributed by atoms with E-state index in [1.54, 1.807) is 12.4 Å². The van der Waals surface area contributed by atoms with Crippen molar-refractivity contribution in [1.82, 2.24) is 10.3 Å². The van der Waals surface area contributed by atoms with Gasteiger partial charge in [-0.15, -0.1) is 0 Å². The summed E-state index contributed by atoms with van der Waals surface area (Å²) in [6, 6.07) is 10.3. The van der Waals surface area contributed by atoms with Gasteiger partial charge in [0.1, 0.15) is 11.9 Å². The lowest BCUT2D eigenvalue weighted by molar-refractivity contribution is -0.121. The molecule has 1 amide bonds. The molecule has 0 radical (unpaired) electrons. The summed E-state index contributed by atoms with van der Waals surface area (Å²) in [5.74, 6) is 1.87. The molecular formula is C22H26N2O2. The Kier molecular flexibility index (Phi) is 5.19.